The van der Waals surface area contributed by atoms with Crippen LogP contribution in [-0.4, -0.2) is 91.4 Å². The number of anilines is 1. The maximum atomic E-state index is 13.2. The number of nitrogens with one attached hydrogen (secondary N) is 1. The van der Waals surface area contributed by atoms with Crippen LogP contribution in [0.3, 0.4) is 0 Å². The average molecular weight is 517 g/mol. The Bertz CT molecular complexity index is 938. The number of carbonyl (C=O) groups excluding carboxylic acids is 1. The van der Waals surface area contributed by atoms with Gasteiger partial charge in [-0.3, -0.25) is 4.90 Å². The van der Waals surface area contributed by atoms with Crippen LogP contribution in [0.25, 0.3) is 0 Å². The van der Waals surface area contributed by atoms with Gasteiger partial charge in [0.05, 0.1) is 13.2 Å². The lowest BCUT2D eigenvalue weighted by molar-refractivity contribution is -0.0735. The first-order chi connectivity index (χ1) is 15.9. The summed E-state index contributed by atoms with van der Waals surface area (Å²) in [7, 11) is 5.79. The molecule has 8 heteroatoms. The van der Waals surface area contributed by atoms with Gasteiger partial charge in [-0.15, -0.1) is 0 Å². The Kier molecular flexibility index (Phi) is 7.58. The van der Waals surface area contributed by atoms with Crippen molar-refractivity contribution in [1.29, 1.82) is 0 Å². The van der Waals surface area contributed by atoms with E-state index < -0.39 is 6.10 Å². The zero-order valence-electron chi connectivity index (χ0n) is 19.4. The van der Waals surface area contributed by atoms with Crippen molar-refractivity contribution in [1.82, 2.24) is 14.7 Å². The van der Waals surface area contributed by atoms with Gasteiger partial charge in [-0.1, -0.05) is 28.1 Å². The fraction of sp³-hybridized carbons (Fsp3) is 0.480. The highest BCUT2D eigenvalue weighted by Gasteiger charge is 2.50. The summed E-state index contributed by atoms with van der Waals surface area (Å²) >= 11 is 3.54. The second kappa shape index (κ2) is 10.4. The second-order valence-corrected chi connectivity index (χ2v) is 10.1. The Balaban J connectivity index is 1.55. The quantitative estimate of drug-likeness (QED) is 0.636. The molecule has 2 fully saturated rings. The maximum Gasteiger partial charge on any atom is 0.321 e. The Morgan fingerprint density at radius 1 is 1.15 bits per heavy atom. The predicted molar refractivity (Wildman–Crippen MR) is 134 cm³/mol. The highest BCUT2D eigenvalue weighted by atomic mass is 79.9. The first-order valence-corrected chi connectivity index (χ1v) is 12.2. The van der Waals surface area contributed by atoms with Crippen molar-refractivity contribution in [3.8, 4) is 5.75 Å². The smallest absolute Gasteiger partial charge is 0.321 e. The molecule has 0 aromatic heterocycles. The molecule has 2 aromatic rings. The topological polar surface area (TPSA) is 68.3 Å². The van der Waals surface area contributed by atoms with E-state index in [1.165, 1.54) is 5.56 Å². The molecule has 0 saturated carbocycles. The highest BCUT2D eigenvalue weighted by Crippen LogP contribution is 2.42. The fourth-order valence-corrected chi connectivity index (χ4v) is 5.31. The molecule has 0 bridgehead atoms. The zero-order valence-corrected chi connectivity index (χ0v) is 21.0. The van der Waals surface area contributed by atoms with Crippen LogP contribution in [0.15, 0.2) is 53.0 Å². The van der Waals surface area contributed by atoms with Crippen LogP contribution < -0.4 is 10.1 Å². The molecular weight excluding hydrogens is 484 g/mol. The van der Waals surface area contributed by atoms with Crippen LogP contribution in [0.5, 0.6) is 5.75 Å². The zero-order chi connectivity index (χ0) is 23.5. The number of rotatable bonds is 5. The molecule has 7 nitrogen and oxygen atoms in total. The minimum absolute atomic E-state index is 0.139. The number of likely N-dealkylation sites (N-methyl/N-ethyl adjacent to an activating group) is 1. The van der Waals surface area contributed by atoms with Crippen LogP contribution in [-0.2, 0) is 0 Å². The summed E-state index contributed by atoms with van der Waals surface area (Å²) < 4.78 is 6.26. The van der Waals surface area contributed by atoms with E-state index in [-0.39, 0.29) is 12.1 Å². The molecule has 33 heavy (non-hydrogen) atoms. The lowest BCUT2D eigenvalue weighted by atomic mass is 9.73. The van der Waals surface area contributed by atoms with Crippen LogP contribution in [0.2, 0.25) is 0 Å². The number of fused-ring (bicyclic) bond motifs is 1. The third-order valence-electron chi connectivity index (χ3n) is 6.68. The van der Waals surface area contributed by atoms with Crippen LogP contribution in [0, 0.1) is 0 Å². The third kappa shape index (κ3) is 5.51. The number of amides is 2. The van der Waals surface area contributed by atoms with E-state index in [4.69, 9.17) is 4.74 Å². The number of carbonyl (C=O) groups is 1. The molecule has 2 N–H and O–H groups in total. The van der Waals surface area contributed by atoms with Crippen LogP contribution in [0.1, 0.15) is 17.9 Å². The van der Waals surface area contributed by atoms with Crippen molar-refractivity contribution >= 4 is 27.6 Å². The summed E-state index contributed by atoms with van der Waals surface area (Å²) in [6, 6.07) is 16.2. The minimum atomic E-state index is -0.459. The molecule has 2 saturated heterocycles. The third-order valence-corrected chi connectivity index (χ3v) is 7.21. The molecule has 0 spiro atoms. The van der Waals surface area contributed by atoms with E-state index in [1.54, 1.807) is 7.11 Å². The molecule has 2 aliphatic rings. The van der Waals surface area contributed by atoms with Gasteiger partial charge in [0, 0.05) is 54.3 Å². The Labute approximate surface area is 204 Å². The number of hydrogen-bond donors (Lipinski definition) is 2. The minimum Gasteiger partial charge on any atom is -0.497 e. The van der Waals surface area contributed by atoms with Gasteiger partial charge in [0.25, 0.3) is 0 Å². The van der Waals surface area contributed by atoms with Crippen LogP contribution in [0.4, 0.5) is 10.5 Å². The van der Waals surface area contributed by atoms with Crippen LogP contribution >= 0.6 is 15.9 Å². The standard InChI is InChI=1S/C25H33BrN4O3/c1-28(2)15-22-24(17-4-6-18(26)7-5-17)23-16-29(13-12-20(31)14-30(22)23)25(32)27-19-8-10-21(33-3)11-9-19/h4-11,20,22-24,31H,12-16H2,1-3H3,(H,27,32)/t20-,22+,23?,24-/m0/s1. The summed E-state index contributed by atoms with van der Waals surface area (Å²) in [4.78, 5) is 19.6. The number of ether oxygens (including phenoxy) is 1. The first kappa shape index (κ1) is 24.0. The molecule has 2 aromatic carbocycles. The van der Waals surface area contributed by atoms with E-state index in [9.17, 15) is 9.90 Å². The number of methoxy groups -OCH3 is 1. The number of aliphatic hydroxyl groups is 1. The average Bonchev–Trinajstić information content (AvgIpc) is 2.79. The normalized spacial score (nSPS) is 25.6. The molecule has 4 rings (SSSR count). The maximum absolute atomic E-state index is 13.2. The molecule has 178 valence electrons. The van der Waals surface area contributed by atoms with E-state index in [0.29, 0.717) is 38.0 Å². The number of aliphatic hydroxyl groups excluding tert-OH is 1. The van der Waals surface area contributed by atoms with Crippen molar-refractivity contribution in [3.05, 3.63) is 58.6 Å². The highest BCUT2D eigenvalue weighted by molar-refractivity contribution is 9.10. The van der Waals surface area contributed by atoms with Gasteiger partial charge in [-0.25, -0.2) is 4.79 Å². The molecule has 0 radical (unpaired) electrons. The predicted octanol–water partition coefficient (Wildman–Crippen LogP) is 3.45. The van der Waals surface area contributed by atoms with Gasteiger partial charge in [0.15, 0.2) is 0 Å². The molecule has 0 aliphatic carbocycles. The van der Waals surface area contributed by atoms with Gasteiger partial charge in [0.2, 0.25) is 0 Å². The van der Waals surface area contributed by atoms with E-state index >= 15 is 0 Å². The van der Waals surface area contributed by atoms with Gasteiger partial charge < -0.3 is 25.0 Å². The summed E-state index contributed by atoms with van der Waals surface area (Å²) in [6.45, 7) is 2.70. The monoisotopic (exact) mass is 516 g/mol. The van der Waals surface area contributed by atoms with Crippen molar-refractivity contribution in [2.24, 2.45) is 0 Å². The first-order valence-electron chi connectivity index (χ1n) is 11.4. The number of hydrogen-bond acceptors (Lipinski definition) is 5. The number of urea groups is 1. The summed E-state index contributed by atoms with van der Waals surface area (Å²) in [6.07, 6.45) is 0.108. The Hall–Kier alpha value is -2.13. The van der Waals surface area contributed by atoms with Crippen molar-refractivity contribution < 1.29 is 14.6 Å². The molecule has 1 unspecified atom stereocenters. The van der Waals surface area contributed by atoms with Gasteiger partial charge in [-0.2, -0.15) is 0 Å². The largest absolute Gasteiger partial charge is 0.497 e. The number of nitrogens with zero attached hydrogens (tertiary/aromatic N) is 3. The summed E-state index contributed by atoms with van der Waals surface area (Å²) in [5, 5.41) is 13.7. The van der Waals surface area contributed by atoms with Gasteiger partial charge in [0.1, 0.15) is 5.75 Å². The number of benzene rings is 2. The lowest BCUT2D eigenvalue weighted by Gasteiger charge is -2.58. The lowest BCUT2D eigenvalue weighted by Crippen LogP contribution is -2.70. The summed E-state index contributed by atoms with van der Waals surface area (Å²) in [5.41, 5.74) is 2.00. The van der Waals surface area contributed by atoms with E-state index in [1.807, 2.05) is 29.2 Å². The van der Waals surface area contributed by atoms with Crippen molar-refractivity contribution in [3.63, 3.8) is 0 Å². The van der Waals surface area contributed by atoms with Crippen molar-refractivity contribution in [2.45, 2.75) is 30.5 Å². The number of halogens is 1. The summed E-state index contributed by atoms with van der Waals surface area (Å²) in [5.74, 6) is 1.04. The van der Waals surface area contributed by atoms with Gasteiger partial charge in [-0.05, 0) is 62.5 Å². The molecular formula is C25H33BrN4O3. The fourth-order valence-electron chi connectivity index (χ4n) is 5.04. The second-order valence-electron chi connectivity index (χ2n) is 9.22. The van der Waals surface area contributed by atoms with E-state index in [2.05, 4.69) is 69.4 Å². The van der Waals surface area contributed by atoms with E-state index in [0.717, 1.165) is 22.5 Å². The Morgan fingerprint density at radius 2 is 1.85 bits per heavy atom. The molecule has 2 amide bonds. The van der Waals surface area contributed by atoms with Gasteiger partial charge >= 0.3 is 6.03 Å². The van der Waals surface area contributed by atoms with Crippen molar-refractivity contribution in [2.75, 3.05) is 52.7 Å². The molecule has 2 aliphatic heterocycles. The Morgan fingerprint density at radius 3 is 2.48 bits per heavy atom. The SMILES string of the molecule is COc1ccc(NC(=O)N2CC[C@H](O)CN3C(C2)[C@@H](c2ccc(Br)cc2)[C@H]3CN(C)C)cc1. The molecule has 2 heterocycles. The molecule has 4 atom stereocenters.